The van der Waals surface area contributed by atoms with Crippen molar-refractivity contribution >= 4 is 5.91 Å². The number of carbonyl (C=O) groups is 1. The predicted octanol–water partition coefficient (Wildman–Crippen LogP) is 1.91. The van der Waals surface area contributed by atoms with Crippen molar-refractivity contribution in [2.24, 2.45) is 24.3 Å². The molecule has 5 nitrogen and oxygen atoms in total. The first-order valence-electron chi connectivity index (χ1n) is 8.25. The fourth-order valence-electron chi connectivity index (χ4n) is 3.57. The van der Waals surface area contributed by atoms with Crippen LogP contribution in [0.4, 0.5) is 0 Å². The molecule has 1 fully saturated rings. The average molecular weight is 306 g/mol. The molecule has 1 saturated heterocycles. The van der Waals surface area contributed by atoms with Crippen molar-refractivity contribution < 1.29 is 4.79 Å². The Balaban J connectivity index is 1.94. The summed E-state index contributed by atoms with van der Waals surface area (Å²) in [4.78, 5) is 12.6. The van der Waals surface area contributed by atoms with E-state index in [1.54, 1.807) is 4.68 Å². The van der Waals surface area contributed by atoms with Gasteiger partial charge in [0.25, 0.3) is 0 Å². The highest BCUT2D eigenvalue weighted by molar-refractivity contribution is 5.80. The number of hydrogen-bond donors (Lipinski definition) is 2. The molecule has 22 heavy (non-hydrogen) atoms. The largest absolute Gasteiger partial charge is 0.355 e. The maximum Gasteiger partial charge on any atom is 0.225 e. The van der Waals surface area contributed by atoms with E-state index in [1.165, 1.54) is 0 Å². The van der Waals surface area contributed by atoms with Gasteiger partial charge in [0.1, 0.15) is 0 Å². The van der Waals surface area contributed by atoms with Gasteiger partial charge in [-0.25, -0.2) is 0 Å². The third kappa shape index (κ3) is 4.32. The number of nitrogens with zero attached hydrogens (tertiary/aromatic N) is 2. The Hall–Kier alpha value is -1.36. The summed E-state index contributed by atoms with van der Waals surface area (Å²) in [6.45, 7) is 11.2. The summed E-state index contributed by atoms with van der Waals surface area (Å²) in [5, 5.41) is 10.7. The second-order valence-corrected chi connectivity index (χ2v) is 7.80. The molecule has 2 rings (SSSR count). The quantitative estimate of drug-likeness (QED) is 0.844. The molecule has 2 N–H and O–H groups in total. The van der Waals surface area contributed by atoms with Crippen LogP contribution in [0.3, 0.4) is 0 Å². The summed E-state index contributed by atoms with van der Waals surface area (Å²) < 4.78 is 1.80. The maximum atomic E-state index is 12.6. The summed E-state index contributed by atoms with van der Waals surface area (Å²) >= 11 is 0. The average Bonchev–Trinajstić information content (AvgIpc) is 3.02. The first-order valence-corrected chi connectivity index (χ1v) is 8.25. The van der Waals surface area contributed by atoms with Crippen molar-refractivity contribution in [3.8, 4) is 0 Å². The van der Waals surface area contributed by atoms with E-state index < -0.39 is 0 Å². The second kappa shape index (κ2) is 6.82. The Labute approximate surface area is 133 Å². The highest BCUT2D eigenvalue weighted by Gasteiger charge is 2.35. The highest BCUT2D eigenvalue weighted by atomic mass is 16.1. The monoisotopic (exact) mass is 306 g/mol. The fraction of sp³-hybridized carbons (Fsp3) is 0.765. The van der Waals surface area contributed by atoms with E-state index in [2.05, 4.69) is 43.4 Å². The van der Waals surface area contributed by atoms with Crippen LogP contribution in [-0.2, 0) is 11.8 Å². The van der Waals surface area contributed by atoms with Crippen LogP contribution in [0.5, 0.6) is 0 Å². The molecule has 0 spiro atoms. The summed E-state index contributed by atoms with van der Waals surface area (Å²) in [5.41, 5.74) is 1.29. The molecule has 1 aliphatic heterocycles. The third-order valence-electron chi connectivity index (χ3n) is 4.41. The Bertz CT molecular complexity index is 507. The van der Waals surface area contributed by atoms with E-state index in [4.69, 9.17) is 0 Å². The van der Waals surface area contributed by atoms with Crippen LogP contribution in [0, 0.1) is 17.3 Å². The second-order valence-electron chi connectivity index (χ2n) is 7.80. The highest BCUT2D eigenvalue weighted by Crippen LogP contribution is 2.29. The molecule has 0 aliphatic carbocycles. The summed E-state index contributed by atoms with van der Waals surface area (Å²) in [7, 11) is 1.91. The Morgan fingerprint density at radius 3 is 2.82 bits per heavy atom. The molecular weight excluding hydrogens is 276 g/mol. The molecule has 124 valence electrons. The van der Waals surface area contributed by atoms with Crippen LogP contribution in [0.25, 0.3) is 0 Å². The van der Waals surface area contributed by atoms with Gasteiger partial charge in [-0.3, -0.25) is 9.48 Å². The van der Waals surface area contributed by atoms with Crippen molar-refractivity contribution in [2.45, 2.75) is 40.0 Å². The Morgan fingerprint density at radius 1 is 1.50 bits per heavy atom. The lowest BCUT2D eigenvalue weighted by Gasteiger charge is -2.28. The number of aromatic nitrogens is 2. The fourth-order valence-corrected chi connectivity index (χ4v) is 3.57. The van der Waals surface area contributed by atoms with Gasteiger partial charge in [-0.05, 0) is 23.3 Å². The summed E-state index contributed by atoms with van der Waals surface area (Å²) in [6, 6.07) is 0. The molecule has 0 radical (unpaired) electrons. The lowest BCUT2D eigenvalue weighted by molar-refractivity contribution is -0.125. The molecule has 1 aromatic rings. The van der Waals surface area contributed by atoms with E-state index in [1.807, 2.05) is 19.4 Å². The molecule has 1 amide bonds. The first kappa shape index (κ1) is 17.0. The SMILES string of the molecule is CC(C)CC(C)(C)CNC(=O)[C@H]1CNC[C@@H]1c1cnn(C)c1. The van der Waals surface area contributed by atoms with Crippen LogP contribution >= 0.6 is 0 Å². The number of amides is 1. The Morgan fingerprint density at radius 2 is 2.23 bits per heavy atom. The van der Waals surface area contributed by atoms with Gasteiger partial charge in [0.2, 0.25) is 5.91 Å². The maximum absolute atomic E-state index is 12.6. The van der Waals surface area contributed by atoms with Gasteiger partial charge in [-0.2, -0.15) is 5.10 Å². The van der Waals surface area contributed by atoms with E-state index in [9.17, 15) is 4.79 Å². The van der Waals surface area contributed by atoms with E-state index in [-0.39, 0.29) is 23.2 Å². The van der Waals surface area contributed by atoms with E-state index >= 15 is 0 Å². The topological polar surface area (TPSA) is 59.0 Å². The molecule has 2 heterocycles. The molecular formula is C17H30N4O. The zero-order valence-corrected chi connectivity index (χ0v) is 14.5. The van der Waals surface area contributed by atoms with Gasteiger partial charge >= 0.3 is 0 Å². The molecule has 0 unspecified atom stereocenters. The van der Waals surface area contributed by atoms with Crippen LogP contribution in [0.15, 0.2) is 12.4 Å². The number of rotatable bonds is 6. The van der Waals surface area contributed by atoms with Crippen LogP contribution in [0.1, 0.15) is 45.6 Å². The van der Waals surface area contributed by atoms with Crippen molar-refractivity contribution in [3.63, 3.8) is 0 Å². The van der Waals surface area contributed by atoms with Crippen molar-refractivity contribution in [3.05, 3.63) is 18.0 Å². The minimum atomic E-state index is -0.000880. The smallest absolute Gasteiger partial charge is 0.225 e. The van der Waals surface area contributed by atoms with Crippen molar-refractivity contribution in [2.75, 3.05) is 19.6 Å². The molecule has 0 saturated carbocycles. The van der Waals surface area contributed by atoms with Crippen molar-refractivity contribution in [1.29, 1.82) is 0 Å². The Kier molecular flexibility index (Phi) is 5.27. The molecule has 2 atom stereocenters. The lowest BCUT2D eigenvalue weighted by Crippen LogP contribution is -2.40. The minimum absolute atomic E-state index is 0.000880. The van der Waals surface area contributed by atoms with Crippen molar-refractivity contribution in [1.82, 2.24) is 20.4 Å². The first-order chi connectivity index (χ1) is 10.3. The van der Waals surface area contributed by atoms with E-state index in [0.29, 0.717) is 5.92 Å². The number of nitrogens with one attached hydrogen (secondary N) is 2. The summed E-state index contributed by atoms with van der Waals surface area (Å²) in [5.74, 6) is 1.03. The molecule has 1 aromatic heterocycles. The zero-order chi connectivity index (χ0) is 16.3. The third-order valence-corrected chi connectivity index (χ3v) is 4.41. The van der Waals surface area contributed by atoms with Gasteiger partial charge in [0.15, 0.2) is 0 Å². The van der Waals surface area contributed by atoms with Gasteiger partial charge < -0.3 is 10.6 Å². The van der Waals surface area contributed by atoms with Crippen LogP contribution in [0.2, 0.25) is 0 Å². The minimum Gasteiger partial charge on any atom is -0.355 e. The predicted molar refractivity (Wildman–Crippen MR) is 88.6 cm³/mol. The number of carbonyl (C=O) groups excluding carboxylic acids is 1. The van der Waals surface area contributed by atoms with Gasteiger partial charge in [0.05, 0.1) is 12.1 Å². The zero-order valence-electron chi connectivity index (χ0n) is 14.5. The molecule has 0 bridgehead atoms. The molecule has 5 heteroatoms. The number of aryl methyl sites for hydroxylation is 1. The van der Waals surface area contributed by atoms with E-state index in [0.717, 1.165) is 31.6 Å². The number of hydrogen-bond acceptors (Lipinski definition) is 3. The van der Waals surface area contributed by atoms with Crippen LogP contribution < -0.4 is 10.6 Å². The summed E-state index contributed by atoms with van der Waals surface area (Å²) in [6.07, 6.45) is 5.00. The standard InChI is InChI=1S/C17H30N4O/c1-12(2)6-17(3,4)11-19-16(22)15-9-18-8-14(15)13-7-20-21(5)10-13/h7,10,12,14-15,18H,6,8-9,11H2,1-5H3,(H,19,22)/t14-,15+/m1/s1. The normalized spacial score (nSPS) is 22.3. The van der Waals surface area contributed by atoms with Crippen LogP contribution in [-0.4, -0.2) is 35.3 Å². The lowest BCUT2D eigenvalue weighted by atomic mass is 9.83. The molecule has 1 aliphatic rings. The van der Waals surface area contributed by atoms with Gasteiger partial charge in [-0.1, -0.05) is 27.7 Å². The van der Waals surface area contributed by atoms with Gasteiger partial charge in [0, 0.05) is 38.8 Å². The molecule has 0 aromatic carbocycles. The van der Waals surface area contributed by atoms with Gasteiger partial charge in [-0.15, -0.1) is 0 Å².